The molecule has 1 aliphatic heterocycles. The van der Waals surface area contributed by atoms with Crippen LogP contribution in [0.4, 0.5) is 32.0 Å². The molecule has 0 aliphatic carbocycles. The average Bonchev–Trinajstić information content (AvgIpc) is 3.40. The summed E-state index contributed by atoms with van der Waals surface area (Å²) in [5, 5.41) is 2.11. The van der Waals surface area contributed by atoms with E-state index in [0.29, 0.717) is 29.6 Å². The SMILES string of the molecule is C[C@H](Oc1ccc(C2=CN(c3cccc4c3ccn4CC(N)=O)NO2)cc1C(F)(F)F)C(F)(F)F. The lowest BCUT2D eigenvalue weighted by Crippen LogP contribution is -2.31. The summed E-state index contributed by atoms with van der Waals surface area (Å²) in [7, 11) is 0. The molecule has 4 rings (SSSR count). The Morgan fingerprint density at radius 2 is 1.89 bits per heavy atom. The van der Waals surface area contributed by atoms with Gasteiger partial charge in [-0.2, -0.15) is 26.3 Å². The third-order valence-electron chi connectivity index (χ3n) is 5.21. The van der Waals surface area contributed by atoms with Crippen molar-refractivity contribution in [2.45, 2.75) is 31.9 Å². The van der Waals surface area contributed by atoms with E-state index in [-0.39, 0.29) is 17.9 Å². The van der Waals surface area contributed by atoms with Crippen LogP contribution in [0.25, 0.3) is 16.7 Å². The van der Waals surface area contributed by atoms with Crippen molar-refractivity contribution in [1.29, 1.82) is 0 Å². The number of alkyl halides is 6. The van der Waals surface area contributed by atoms with E-state index in [0.717, 1.165) is 12.1 Å². The van der Waals surface area contributed by atoms with Gasteiger partial charge < -0.3 is 19.9 Å². The zero-order valence-corrected chi connectivity index (χ0v) is 17.9. The Bertz CT molecular complexity index is 1300. The molecule has 1 atom stereocenters. The van der Waals surface area contributed by atoms with Gasteiger partial charge in [0.2, 0.25) is 5.91 Å². The number of nitrogens with zero attached hydrogens (tertiary/aromatic N) is 2. The maximum absolute atomic E-state index is 13.6. The number of benzene rings is 2. The molecule has 0 bridgehead atoms. The Hall–Kier alpha value is -3.87. The fourth-order valence-corrected chi connectivity index (χ4v) is 3.51. The number of ether oxygens (including phenoxy) is 1. The maximum Gasteiger partial charge on any atom is 0.425 e. The number of primary amides is 1. The molecule has 35 heavy (non-hydrogen) atoms. The third-order valence-corrected chi connectivity index (χ3v) is 5.21. The smallest absolute Gasteiger partial charge is 0.425 e. The summed E-state index contributed by atoms with van der Waals surface area (Å²) in [6, 6.07) is 9.55. The third kappa shape index (κ3) is 4.99. The Kier molecular flexibility index (Phi) is 6.05. The number of nitrogens with one attached hydrogen (secondary N) is 1. The minimum absolute atomic E-state index is 0.0144. The molecule has 0 saturated carbocycles. The Balaban J connectivity index is 1.66. The number of hydrogen-bond donors (Lipinski definition) is 2. The summed E-state index contributed by atoms with van der Waals surface area (Å²) in [6.45, 7) is 0.579. The highest BCUT2D eigenvalue weighted by atomic mass is 19.4. The molecular formula is C22H18F6N4O3. The van der Waals surface area contributed by atoms with Gasteiger partial charge in [-0.05, 0) is 43.3 Å². The molecule has 2 aromatic carbocycles. The van der Waals surface area contributed by atoms with Gasteiger partial charge in [-0.15, -0.1) is 0 Å². The van der Waals surface area contributed by atoms with Crippen LogP contribution in [0.15, 0.2) is 54.9 Å². The van der Waals surface area contributed by atoms with Crippen molar-refractivity contribution in [2.75, 3.05) is 5.01 Å². The van der Waals surface area contributed by atoms with Crippen LogP contribution in [-0.2, 0) is 22.4 Å². The molecule has 0 saturated heterocycles. The lowest BCUT2D eigenvalue weighted by Gasteiger charge is -2.21. The molecule has 0 radical (unpaired) electrons. The van der Waals surface area contributed by atoms with Crippen molar-refractivity contribution >= 4 is 28.3 Å². The molecule has 0 unspecified atom stereocenters. The van der Waals surface area contributed by atoms with Crippen LogP contribution in [0.1, 0.15) is 18.1 Å². The highest BCUT2D eigenvalue weighted by Gasteiger charge is 2.41. The standard InChI is InChI=1S/C22H18F6N4O3/c1-12(21(23,24)25)34-18-6-5-13(9-15(18)22(26,27)28)19-10-32(30-35-19)17-4-2-3-16-14(17)7-8-31(16)11-20(29)33/h2-10,12,30H,11H2,1H3,(H2,29,33)/t12-/m0/s1. The minimum Gasteiger partial charge on any atom is -0.481 e. The lowest BCUT2D eigenvalue weighted by atomic mass is 10.1. The number of anilines is 1. The number of rotatable bonds is 6. The number of hydrogen-bond acceptors (Lipinski definition) is 5. The Morgan fingerprint density at radius 1 is 1.14 bits per heavy atom. The summed E-state index contributed by atoms with van der Waals surface area (Å²) < 4.78 is 85.3. The van der Waals surface area contributed by atoms with Crippen molar-refractivity contribution in [2.24, 2.45) is 5.73 Å². The number of aromatic nitrogens is 1. The summed E-state index contributed by atoms with van der Waals surface area (Å²) in [5.74, 6) is -1.50. The molecule has 2 heterocycles. The van der Waals surface area contributed by atoms with E-state index < -0.39 is 35.7 Å². The van der Waals surface area contributed by atoms with Crippen LogP contribution in [0.3, 0.4) is 0 Å². The number of hydrazine groups is 1. The predicted octanol–water partition coefficient (Wildman–Crippen LogP) is 4.73. The zero-order valence-electron chi connectivity index (χ0n) is 17.9. The summed E-state index contributed by atoms with van der Waals surface area (Å²) in [6.07, 6.45) is -9.19. The van der Waals surface area contributed by atoms with Gasteiger partial charge in [-0.3, -0.25) is 4.79 Å². The van der Waals surface area contributed by atoms with Gasteiger partial charge in [-0.25, -0.2) is 5.01 Å². The second kappa shape index (κ2) is 8.73. The van der Waals surface area contributed by atoms with Crippen molar-refractivity contribution in [3.05, 3.63) is 66.0 Å². The van der Waals surface area contributed by atoms with E-state index in [9.17, 15) is 31.1 Å². The van der Waals surface area contributed by atoms with Gasteiger partial charge in [0.05, 0.1) is 23.0 Å². The summed E-state index contributed by atoms with van der Waals surface area (Å²) in [5.41, 5.74) is 7.66. The van der Waals surface area contributed by atoms with Crippen LogP contribution in [0, 0.1) is 0 Å². The quantitative estimate of drug-likeness (QED) is 0.479. The van der Waals surface area contributed by atoms with Crippen LogP contribution >= 0.6 is 0 Å². The van der Waals surface area contributed by atoms with Gasteiger partial charge in [0, 0.05) is 17.1 Å². The maximum atomic E-state index is 13.6. The largest absolute Gasteiger partial charge is 0.481 e. The highest BCUT2D eigenvalue weighted by Crippen LogP contribution is 2.40. The molecule has 186 valence electrons. The number of fused-ring (bicyclic) bond motifs is 1. The average molecular weight is 500 g/mol. The molecule has 1 aromatic heterocycles. The van der Waals surface area contributed by atoms with Gasteiger partial charge in [0.1, 0.15) is 12.3 Å². The molecule has 7 nitrogen and oxygen atoms in total. The number of halogens is 6. The zero-order chi connectivity index (χ0) is 25.5. The Labute approximate surface area is 194 Å². The van der Waals surface area contributed by atoms with Crippen LogP contribution in [0.5, 0.6) is 5.75 Å². The minimum atomic E-state index is -4.97. The number of carbonyl (C=O) groups is 1. The summed E-state index contributed by atoms with van der Waals surface area (Å²) >= 11 is 0. The van der Waals surface area contributed by atoms with Crippen LogP contribution in [-0.4, -0.2) is 22.8 Å². The topological polar surface area (TPSA) is 81.8 Å². The normalized spacial score (nSPS) is 15.2. The van der Waals surface area contributed by atoms with E-state index in [2.05, 4.69) is 10.3 Å². The van der Waals surface area contributed by atoms with Crippen LogP contribution in [0.2, 0.25) is 0 Å². The Morgan fingerprint density at radius 3 is 2.54 bits per heavy atom. The predicted molar refractivity (Wildman–Crippen MR) is 113 cm³/mol. The molecule has 0 spiro atoms. The first-order valence-corrected chi connectivity index (χ1v) is 10.1. The number of amides is 1. The summed E-state index contributed by atoms with van der Waals surface area (Å²) in [4.78, 5) is 16.6. The van der Waals surface area contributed by atoms with Crippen molar-refractivity contribution in [3.63, 3.8) is 0 Å². The molecule has 3 aromatic rings. The van der Waals surface area contributed by atoms with Crippen molar-refractivity contribution in [3.8, 4) is 5.75 Å². The first-order valence-electron chi connectivity index (χ1n) is 10.1. The molecular weight excluding hydrogens is 482 g/mol. The van der Waals surface area contributed by atoms with Crippen molar-refractivity contribution < 1.29 is 40.7 Å². The second-order valence-corrected chi connectivity index (χ2v) is 7.69. The fraction of sp³-hybridized carbons (Fsp3) is 0.227. The number of nitrogens with two attached hydrogens (primary N) is 1. The molecule has 13 heteroatoms. The van der Waals surface area contributed by atoms with E-state index in [1.165, 1.54) is 11.2 Å². The molecule has 3 N–H and O–H groups in total. The fourth-order valence-electron chi connectivity index (χ4n) is 3.51. The monoisotopic (exact) mass is 500 g/mol. The molecule has 0 fully saturated rings. The number of carbonyl (C=O) groups excluding carboxylic acids is 1. The first-order chi connectivity index (χ1) is 16.3. The van der Waals surface area contributed by atoms with Crippen LogP contribution < -0.4 is 21.1 Å². The van der Waals surface area contributed by atoms with E-state index in [4.69, 9.17) is 10.6 Å². The van der Waals surface area contributed by atoms with E-state index >= 15 is 0 Å². The van der Waals surface area contributed by atoms with Crippen molar-refractivity contribution in [1.82, 2.24) is 10.2 Å². The molecule has 1 aliphatic rings. The van der Waals surface area contributed by atoms with Gasteiger partial charge in [0.25, 0.3) is 0 Å². The first kappa shape index (κ1) is 24.3. The second-order valence-electron chi connectivity index (χ2n) is 7.69. The highest BCUT2D eigenvalue weighted by molar-refractivity contribution is 5.94. The van der Waals surface area contributed by atoms with Gasteiger partial charge in [-0.1, -0.05) is 11.7 Å². The van der Waals surface area contributed by atoms with Gasteiger partial charge >= 0.3 is 12.4 Å². The van der Waals surface area contributed by atoms with E-state index in [1.54, 1.807) is 35.0 Å². The molecule has 1 amide bonds. The van der Waals surface area contributed by atoms with Gasteiger partial charge in [0.15, 0.2) is 11.9 Å². The van der Waals surface area contributed by atoms with E-state index in [1.807, 2.05) is 0 Å². The lowest BCUT2D eigenvalue weighted by molar-refractivity contribution is -0.191.